The van der Waals surface area contributed by atoms with E-state index in [4.69, 9.17) is 11.6 Å². The minimum absolute atomic E-state index is 0.199. The molecule has 1 amide bonds. The maximum atomic E-state index is 12.1. The fraction of sp³-hybridized carbons (Fsp3) is 0.143. The molecule has 0 bridgehead atoms. The summed E-state index contributed by atoms with van der Waals surface area (Å²) in [6.45, 7) is 1.89. The number of pyridine rings is 1. The Hall–Kier alpha value is -1.39. The maximum absolute atomic E-state index is 12.1. The summed E-state index contributed by atoms with van der Waals surface area (Å²) >= 11 is 9.31. The third-order valence-electron chi connectivity index (χ3n) is 2.59. The minimum atomic E-state index is -0.199. The minimum Gasteiger partial charge on any atom is -0.319 e. The number of hydrogen-bond acceptors (Lipinski definition) is 2. The zero-order valence-corrected chi connectivity index (χ0v) is 12.6. The Bertz CT molecular complexity index is 599. The van der Waals surface area contributed by atoms with Crippen molar-refractivity contribution in [2.24, 2.45) is 0 Å². The SMILES string of the molecule is Cc1cnc(Cl)c(NC(=O)c2ccc(CBr)cc2)c1. The maximum Gasteiger partial charge on any atom is 0.255 e. The summed E-state index contributed by atoms with van der Waals surface area (Å²) in [6, 6.07) is 9.16. The summed E-state index contributed by atoms with van der Waals surface area (Å²) in [5.74, 6) is -0.199. The van der Waals surface area contributed by atoms with E-state index in [1.54, 1.807) is 24.4 Å². The second-order valence-corrected chi connectivity index (χ2v) is 5.05. The molecule has 0 unspecified atom stereocenters. The van der Waals surface area contributed by atoms with Gasteiger partial charge in [0.05, 0.1) is 5.69 Å². The van der Waals surface area contributed by atoms with Gasteiger partial charge in [-0.3, -0.25) is 4.79 Å². The topological polar surface area (TPSA) is 42.0 Å². The molecule has 0 fully saturated rings. The van der Waals surface area contributed by atoms with Gasteiger partial charge in [0, 0.05) is 17.1 Å². The van der Waals surface area contributed by atoms with Gasteiger partial charge in [-0.2, -0.15) is 0 Å². The second-order valence-electron chi connectivity index (χ2n) is 4.14. The van der Waals surface area contributed by atoms with Crippen LogP contribution in [-0.4, -0.2) is 10.9 Å². The Kier molecular flexibility index (Phi) is 4.56. The molecule has 1 aromatic heterocycles. The number of benzene rings is 1. The third kappa shape index (κ3) is 3.55. The molecule has 1 N–H and O–H groups in total. The second kappa shape index (κ2) is 6.17. The molecule has 1 heterocycles. The highest BCUT2D eigenvalue weighted by Crippen LogP contribution is 2.20. The average molecular weight is 340 g/mol. The van der Waals surface area contributed by atoms with E-state index in [0.717, 1.165) is 16.5 Å². The van der Waals surface area contributed by atoms with Crippen molar-refractivity contribution in [3.8, 4) is 0 Å². The average Bonchev–Trinajstić information content (AvgIpc) is 2.43. The zero-order chi connectivity index (χ0) is 13.8. The quantitative estimate of drug-likeness (QED) is 0.673. The molecule has 98 valence electrons. The lowest BCUT2D eigenvalue weighted by Gasteiger charge is -2.07. The molecule has 0 spiro atoms. The highest BCUT2D eigenvalue weighted by Gasteiger charge is 2.09. The molecule has 2 rings (SSSR count). The molecule has 0 aliphatic carbocycles. The summed E-state index contributed by atoms with van der Waals surface area (Å²) in [6.07, 6.45) is 1.66. The predicted octanol–water partition coefficient (Wildman–Crippen LogP) is 4.19. The molecule has 0 aliphatic heterocycles. The van der Waals surface area contributed by atoms with Gasteiger partial charge in [-0.15, -0.1) is 0 Å². The van der Waals surface area contributed by atoms with Crippen LogP contribution in [0.5, 0.6) is 0 Å². The van der Waals surface area contributed by atoms with E-state index in [9.17, 15) is 4.79 Å². The van der Waals surface area contributed by atoms with Crippen LogP contribution in [0.4, 0.5) is 5.69 Å². The summed E-state index contributed by atoms with van der Waals surface area (Å²) < 4.78 is 0. The van der Waals surface area contributed by atoms with Crippen molar-refractivity contribution in [2.45, 2.75) is 12.3 Å². The van der Waals surface area contributed by atoms with Crippen LogP contribution in [0, 0.1) is 6.92 Å². The number of halogens is 2. The van der Waals surface area contributed by atoms with Crippen molar-refractivity contribution in [2.75, 3.05) is 5.32 Å². The van der Waals surface area contributed by atoms with Crippen molar-refractivity contribution < 1.29 is 4.79 Å². The molecule has 0 atom stereocenters. The van der Waals surface area contributed by atoms with Crippen LogP contribution in [0.2, 0.25) is 5.15 Å². The zero-order valence-electron chi connectivity index (χ0n) is 10.3. The number of aryl methyl sites for hydroxylation is 1. The number of nitrogens with zero attached hydrogens (tertiary/aromatic N) is 1. The van der Waals surface area contributed by atoms with Crippen LogP contribution in [0.1, 0.15) is 21.5 Å². The molecule has 19 heavy (non-hydrogen) atoms. The van der Waals surface area contributed by atoms with Gasteiger partial charge in [0.1, 0.15) is 0 Å². The van der Waals surface area contributed by atoms with E-state index in [1.807, 2.05) is 19.1 Å². The number of carbonyl (C=O) groups is 1. The number of anilines is 1. The summed E-state index contributed by atoms with van der Waals surface area (Å²) in [5, 5.41) is 3.81. The van der Waals surface area contributed by atoms with E-state index in [2.05, 4.69) is 26.2 Å². The number of nitrogens with one attached hydrogen (secondary N) is 1. The van der Waals surface area contributed by atoms with E-state index in [1.165, 1.54) is 0 Å². The molecule has 0 saturated carbocycles. The number of rotatable bonds is 3. The van der Waals surface area contributed by atoms with Gasteiger partial charge in [-0.1, -0.05) is 39.7 Å². The van der Waals surface area contributed by atoms with E-state index >= 15 is 0 Å². The van der Waals surface area contributed by atoms with Crippen molar-refractivity contribution in [3.63, 3.8) is 0 Å². The number of aromatic nitrogens is 1. The largest absolute Gasteiger partial charge is 0.319 e. The van der Waals surface area contributed by atoms with Gasteiger partial charge in [-0.05, 0) is 36.2 Å². The molecular weight excluding hydrogens is 328 g/mol. The van der Waals surface area contributed by atoms with Crippen LogP contribution in [0.3, 0.4) is 0 Å². The lowest BCUT2D eigenvalue weighted by molar-refractivity contribution is 0.102. The van der Waals surface area contributed by atoms with Crippen LogP contribution in [-0.2, 0) is 5.33 Å². The van der Waals surface area contributed by atoms with Gasteiger partial charge < -0.3 is 5.32 Å². The molecule has 0 saturated heterocycles. The van der Waals surface area contributed by atoms with Crippen LogP contribution < -0.4 is 5.32 Å². The Morgan fingerprint density at radius 2 is 2.05 bits per heavy atom. The van der Waals surface area contributed by atoms with E-state index in [0.29, 0.717) is 11.3 Å². The number of amides is 1. The van der Waals surface area contributed by atoms with Crippen molar-refractivity contribution in [1.82, 2.24) is 4.98 Å². The first kappa shape index (κ1) is 14.0. The predicted molar refractivity (Wildman–Crippen MR) is 81.0 cm³/mol. The van der Waals surface area contributed by atoms with Crippen LogP contribution in [0.15, 0.2) is 36.5 Å². The molecule has 1 aromatic carbocycles. The number of carbonyl (C=O) groups excluding carboxylic acids is 1. The van der Waals surface area contributed by atoms with E-state index in [-0.39, 0.29) is 11.1 Å². The highest BCUT2D eigenvalue weighted by molar-refractivity contribution is 9.08. The Labute approximate surface area is 125 Å². The fourth-order valence-corrected chi connectivity index (χ4v) is 2.10. The number of alkyl halides is 1. The highest BCUT2D eigenvalue weighted by atomic mass is 79.9. The van der Waals surface area contributed by atoms with Crippen LogP contribution in [0.25, 0.3) is 0 Å². The van der Waals surface area contributed by atoms with Gasteiger partial charge >= 0.3 is 0 Å². The molecule has 5 heteroatoms. The Balaban J connectivity index is 2.18. The molecule has 2 aromatic rings. The smallest absolute Gasteiger partial charge is 0.255 e. The van der Waals surface area contributed by atoms with Crippen LogP contribution >= 0.6 is 27.5 Å². The Morgan fingerprint density at radius 3 is 2.68 bits per heavy atom. The molecule has 3 nitrogen and oxygen atoms in total. The summed E-state index contributed by atoms with van der Waals surface area (Å²) in [4.78, 5) is 16.1. The van der Waals surface area contributed by atoms with Crippen molar-refractivity contribution >= 4 is 39.1 Å². The molecule has 0 aliphatic rings. The van der Waals surface area contributed by atoms with Gasteiger partial charge in [0.25, 0.3) is 5.91 Å². The first-order valence-corrected chi connectivity index (χ1v) is 7.18. The number of hydrogen-bond donors (Lipinski definition) is 1. The third-order valence-corrected chi connectivity index (χ3v) is 3.54. The van der Waals surface area contributed by atoms with Gasteiger partial charge in [-0.25, -0.2) is 4.98 Å². The van der Waals surface area contributed by atoms with E-state index < -0.39 is 0 Å². The molecular formula is C14H12BrClN2O. The fourth-order valence-electron chi connectivity index (χ4n) is 1.58. The lowest BCUT2D eigenvalue weighted by Crippen LogP contribution is -2.12. The van der Waals surface area contributed by atoms with Gasteiger partial charge in [0.15, 0.2) is 5.15 Å². The first-order valence-electron chi connectivity index (χ1n) is 5.68. The lowest BCUT2D eigenvalue weighted by atomic mass is 10.1. The standard InChI is InChI=1S/C14H12BrClN2O/c1-9-6-12(13(16)17-8-9)18-14(19)11-4-2-10(7-15)3-5-11/h2-6,8H,7H2,1H3,(H,18,19). The monoisotopic (exact) mass is 338 g/mol. The molecule has 0 radical (unpaired) electrons. The van der Waals surface area contributed by atoms with Gasteiger partial charge in [0.2, 0.25) is 0 Å². The normalized spacial score (nSPS) is 10.3. The summed E-state index contributed by atoms with van der Waals surface area (Å²) in [5.41, 5.74) is 3.17. The van der Waals surface area contributed by atoms with Crippen molar-refractivity contribution in [1.29, 1.82) is 0 Å². The Morgan fingerprint density at radius 1 is 1.37 bits per heavy atom. The van der Waals surface area contributed by atoms with Crippen molar-refractivity contribution in [3.05, 3.63) is 58.4 Å². The summed E-state index contributed by atoms with van der Waals surface area (Å²) in [7, 11) is 0. The first-order chi connectivity index (χ1) is 9.10.